The van der Waals surface area contributed by atoms with Crippen LogP contribution in [0.15, 0.2) is 116 Å². The summed E-state index contributed by atoms with van der Waals surface area (Å²) in [6, 6.07) is 29.0. The zero-order chi connectivity index (χ0) is 35.6. The number of hydrogen-bond donors (Lipinski definition) is 1. The first-order valence-electron chi connectivity index (χ1n) is 17.4. The molecule has 3 aromatic rings. The van der Waals surface area contributed by atoms with Gasteiger partial charge in [0.15, 0.2) is 0 Å². The number of carbonyl (C=O) groups is 2. The van der Waals surface area contributed by atoms with Gasteiger partial charge in [0.05, 0.1) is 25.2 Å². The second-order valence-electron chi connectivity index (χ2n) is 14.5. The molecule has 1 aliphatic heterocycles. The minimum absolute atomic E-state index is 0.174. The molecule has 8 atom stereocenters. The van der Waals surface area contributed by atoms with Crippen LogP contribution in [0.2, 0.25) is 0 Å². The molecule has 6 rings (SSSR count). The van der Waals surface area contributed by atoms with Gasteiger partial charge in [0.25, 0.3) is 0 Å². The lowest BCUT2D eigenvalue weighted by Gasteiger charge is -2.54. The largest absolute Gasteiger partial charge is 0.456 e. The highest BCUT2D eigenvalue weighted by Gasteiger charge is 2.77. The summed E-state index contributed by atoms with van der Waals surface area (Å²) in [5.74, 6) is -1.87. The monoisotopic (exact) mass is 680 g/mol. The molecule has 1 saturated heterocycles. The SMILES string of the molecule is C=CC[C@H]1[C@@H](OC(=O)[C@@]23CC[C@@](C)(C(=O)O2)C3(C)C)[C@H](OCc2ccccc2)[C@@H](OCc2ccccc2)[C@@H](OCc2ccccc2)[C@]1(O)C=C. The highest BCUT2D eigenvalue weighted by Crippen LogP contribution is 2.66. The molecule has 8 nitrogen and oxygen atoms in total. The van der Waals surface area contributed by atoms with Crippen LogP contribution in [-0.2, 0) is 53.1 Å². The van der Waals surface area contributed by atoms with Crippen LogP contribution >= 0.6 is 0 Å². The molecule has 264 valence electrons. The minimum atomic E-state index is -1.76. The molecule has 0 aromatic heterocycles. The Morgan fingerprint density at radius 3 is 1.72 bits per heavy atom. The fraction of sp³-hybridized carbons (Fsp3) is 0.429. The van der Waals surface area contributed by atoms with E-state index in [0.717, 1.165) is 16.7 Å². The maximum atomic E-state index is 14.6. The van der Waals surface area contributed by atoms with Crippen molar-refractivity contribution in [2.45, 2.75) is 95.5 Å². The van der Waals surface area contributed by atoms with Crippen molar-refractivity contribution in [2.75, 3.05) is 0 Å². The van der Waals surface area contributed by atoms with E-state index in [1.165, 1.54) is 6.08 Å². The van der Waals surface area contributed by atoms with Gasteiger partial charge in [-0.25, -0.2) is 4.79 Å². The Balaban J connectivity index is 1.43. The van der Waals surface area contributed by atoms with E-state index < -0.39 is 64.3 Å². The maximum absolute atomic E-state index is 14.6. The van der Waals surface area contributed by atoms with E-state index in [1.807, 2.05) is 112 Å². The van der Waals surface area contributed by atoms with Gasteiger partial charge in [-0.15, -0.1) is 13.2 Å². The summed E-state index contributed by atoms with van der Waals surface area (Å²) in [7, 11) is 0. The van der Waals surface area contributed by atoms with Gasteiger partial charge in [0, 0.05) is 11.3 Å². The molecule has 0 radical (unpaired) electrons. The Morgan fingerprint density at radius 1 is 0.780 bits per heavy atom. The third kappa shape index (κ3) is 6.13. The lowest BCUT2D eigenvalue weighted by atomic mass is 9.66. The van der Waals surface area contributed by atoms with Crippen LogP contribution in [0.1, 0.15) is 56.7 Å². The molecule has 2 aliphatic carbocycles. The first-order valence-corrected chi connectivity index (χ1v) is 17.4. The lowest BCUT2D eigenvalue weighted by Crippen LogP contribution is -2.70. The minimum Gasteiger partial charge on any atom is -0.456 e. The fourth-order valence-corrected chi connectivity index (χ4v) is 8.06. The molecule has 3 fully saturated rings. The summed E-state index contributed by atoms with van der Waals surface area (Å²) in [6.07, 6.45) is 0.283. The van der Waals surface area contributed by atoms with Crippen molar-refractivity contribution in [1.29, 1.82) is 0 Å². The number of fused-ring (bicyclic) bond motifs is 2. The average molecular weight is 681 g/mol. The molecule has 1 N–H and O–H groups in total. The Bertz CT molecular complexity index is 1660. The van der Waals surface area contributed by atoms with Crippen molar-refractivity contribution < 1.29 is 38.4 Å². The molecular weight excluding hydrogens is 632 g/mol. The number of hydrogen-bond acceptors (Lipinski definition) is 8. The van der Waals surface area contributed by atoms with Crippen molar-refractivity contribution in [3.8, 4) is 0 Å². The van der Waals surface area contributed by atoms with Crippen LogP contribution < -0.4 is 0 Å². The molecule has 1 heterocycles. The summed E-state index contributed by atoms with van der Waals surface area (Å²) in [5, 5.41) is 12.7. The topological polar surface area (TPSA) is 101 Å². The van der Waals surface area contributed by atoms with E-state index in [4.69, 9.17) is 23.7 Å². The van der Waals surface area contributed by atoms with Gasteiger partial charge in [-0.3, -0.25) is 4.79 Å². The summed E-state index contributed by atoms with van der Waals surface area (Å²) in [4.78, 5) is 27.7. The molecule has 0 spiro atoms. The Hall–Kier alpha value is -4.08. The first-order chi connectivity index (χ1) is 24.0. The van der Waals surface area contributed by atoms with Crippen molar-refractivity contribution in [3.63, 3.8) is 0 Å². The van der Waals surface area contributed by atoms with Gasteiger partial charge < -0.3 is 28.8 Å². The zero-order valence-electron chi connectivity index (χ0n) is 29.2. The number of ether oxygens (including phenoxy) is 5. The number of allylic oxidation sites excluding steroid dienone is 1. The van der Waals surface area contributed by atoms with Crippen molar-refractivity contribution in [2.24, 2.45) is 16.7 Å². The normalized spacial score (nSPS) is 32.6. The maximum Gasteiger partial charge on any atom is 0.351 e. The zero-order valence-corrected chi connectivity index (χ0v) is 29.2. The molecule has 2 bridgehead atoms. The summed E-state index contributed by atoms with van der Waals surface area (Å²) >= 11 is 0. The summed E-state index contributed by atoms with van der Waals surface area (Å²) < 4.78 is 32.6. The van der Waals surface area contributed by atoms with E-state index in [2.05, 4.69) is 13.2 Å². The molecule has 50 heavy (non-hydrogen) atoms. The third-order valence-corrected chi connectivity index (χ3v) is 11.6. The second kappa shape index (κ2) is 14.3. The van der Waals surface area contributed by atoms with Gasteiger partial charge in [-0.2, -0.15) is 0 Å². The molecule has 3 aliphatic rings. The molecular formula is C42H48O8. The van der Waals surface area contributed by atoms with Crippen molar-refractivity contribution in [3.05, 3.63) is 133 Å². The Morgan fingerprint density at radius 2 is 1.28 bits per heavy atom. The number of aliphatic hydroxyl groups is 1. The van der Waals surface area contributed by atoms with Gasteiger partial charge >= 0.3 is 11.9 Å². The van der Waals surface area contributed by atoms with E-state index in [-0.39, 0.29) is 26.2 Å². The molecule has 0 unspecified atom stereocenters. The highest BCUT2D eigenvalue weighted by molar-refractivity contribution is 5.93. The highest BCUT2D eigenvalue weighted by atomic mass is 16.6. The standard InChI is InChI=1S/C42H48O8/c1-6-17-32-33(49-38(44)42-25-24-40(5,37(43)50-42)39(42,3)4)34(46-26-29-18-11-8-12-19-29)35(47-27-30-20-13-9-14-21-30)36(41(32,45)7-2)48-28-31-22-15-10-16-23-31/h6-16,18-23,32-36,45H,1-2,17,24-28H2,3-5H3/t32-,33+,34-,35+,36+,40-,41-,42+/m0/s1. The van der Waals surface area contributed by atoms with Crippen LogP contribution in [0.25, 0.3) is 0 Å². The molecule has 3 aromatic carbocycles. The Kier molecular flexibility index (Phi) is 10.2. The van der Waals surface area contributed by atoms with Crippen LogP contribution in [0, 0.1) is 16.7 Å². The quantitative estimate of drug-likeness (QED) is 0.145. The van der Waals surface area contributed by atoms with Crippen LogP contribution in [0.4, 0.5) is 0 Å². The van der Waals surface area contributed by atoms with Crippen molar-refractivity contribution in [1.82, 2.24) is 0 Å². The smallest absolute Gasteiger partial charge is 0.351 e. The molecule has 0 amide bonds. The number of rotatable bonds is 14. The number of carbonyl (C=O) groups excluding carboxylic acids is 2. The van der Waals surface area contributed by atoms with Gasteiger partial charge in [0.1, 0.15) is 30.0 Å². The number of esters is 2. The van der Waals surface area contributed by atoms with Crippen LogP contribution in [0.3, 0.4) is 0 Å². The van der Waals surface area contributed by atoms with Crippen LogP contribution in [-0.4, -0.2) is 52.7 Å². The van der Waals surface area contributed by atoms with Gasteiger partial charge in [-0.05, 0) is 42.9 Å². The van der Waals surface area contributed by atoms with E-state index in [1.54, 1.807) is 6.08 Å². The van der Waals surface area contributed by atoms with Crippen LogP contribution in [0.5, 0.6) is 0 Å². The second-order valence-corrected chi connectivity index (χ2v) is 14.5. The van der Waals surface area contributed by atoms with E-state index in [9.17, 15) is 14.7 Å². The Labute approximate surface area is 295 Å². The average Bonchev–Trinajstić information content (AvgIpc) is 3.43. The predicted octanol–water partition coefficient (Wildman–Crippen LogP) is 6.90. The predicted molar refractivity (Wildman–Crippen MR) is 188 cm³/mol. The van der Waals surface area contributed by atoms with E-state index >= 15 is 0 Å². The van der Waals surface area contributed by atoms with Gasteiger partial charge in [-0.1, -0.05) is 117 Å². The lowest BCUT2D eigenvalue weighted by molar-refractivity contribution is -0.279. The first kappa shape index (κ1) is 35.7. The van der Waals surface area contributed by atoms with Crippen molar-refractivity contribution >= 4 is 11.9 Å². The summed E-state index contributed by atoms with van der Waals surface area (Å²) in [6.45, 7) is 14.2. The van der Waals surface area contributed by atoms with Gasteiger partial charge in [0.2, 0.25) is 5.60 Å². The molecule has 2 saturated carbocycles. The fourth-order valence-electron chi connectivity index (χ4n) is 8.06. The molecule has 8 heteroatoms. The summed E-state index contributed by atoms with van der Waals surface area (Å²) in [5.41, 5.74) is -2.20. The third-order valence-electron chi connectivity index (χ3n) is 11.6. The van der Waals surface area contributed by atoms with E-state index in [0.29, 0.717) is 12.8 Å². The number of benzene rings is 3.